The molecule has 2 aromatic rings. The van der Waals surface area contributed by atoms with Gasteiger partial charge in [-0.2, -0.15) is 0 Å². The van der Waals surface area contributed by atoms with Crippen molar-refractivity contribution >= 4 is 35.8 Å². The van der Waals surface area contributed by atoms with Crippen molar-refractivity contribution in [1.82, 2.24) is 0 Å². The van der Waals surface area contributed by atoms with Crippen LogP contribution in [0, 0.1) is 11.8 Å². The lowest BCUT2D eigenvalue weighted by molar-refractivity contribution is -0.154. The predicted molar refractivity (Wildman–Crippen MR) is 183 cm³/mol. The van der Waals surface area contributed by atoms with Crippen LogP contribution in [0.1, 0.15) is 76.3 Å². The van der Waals surface area contributed by atoms with Crippen LogP contribution in [0.2, 0.25) is 0 Å². The Morgan fingerprint density at radius 2 is 0.885 bits per heavy atom. The van der Waals surface area contributed by atoms with E-state index in [4.69, 9.17) is 38.6 Å². The molecule has 52 heavy (non-hydrogen) atoms. The second kappa shape index (κ2) is 22.2. The van der Waals surface area contributed by atoms with Gasteiger partial charge in [0.05, 0.1) is 63.9 Å². The van der Waals surface area contributed by atoms with Crippen molar-refractivity contribution in [3.05, 3.63) is 59.7 Å². The van der Waals surface area contributed by atoms with Gasteiger partial charge in [0.1, 0.15) is 23.7 Å². The molecular formula is C38H48O14. The fourth-order valence-electron chi connectivity index (χ4n) is 5.17. The highest BCUT2D eigenvalue weighted by atomic mass is 16.6. The summed E-state index contributed by atoms with van der Waals surface area (Å²) in [6.07, 6.45) is 1.06. The summed E-state index contributed by atoms with van der Waals surface area (Å²) < 4.78 is 31.3. The normalized spacial score (nSPS) is 16.5. The molecule has 0 aliphatic heterocycles. The minimum atomic E-state index is -0.626. The van der Waals surface area contributed by atoms with Crippen LogP contribution in [0.5, 0.6) is 11.5 Å². The zero-order chi connectivity index (χ0) is 37.9. The maximum atomic E-state index is 12.8. The van der Waals surface area contributed by atoms with E-state index in [0.717, 1.165) is 11.1 Å². The van der Waals surface area contributed by atoms with Gasteiger partial charge in [0.2, 0.25) is 0 Å². The molecule has 14 nitrogen and oxygen atoms in total. The molecule has 3 rings (SSSR count). The van der Waals surface area contributed by atoms with Crippen molar-refractivity contribution in [1.29, 1.82) is 0 Å². The highest BCUT2D eigenvalue weighted by Crippen LogP contribution is 2.31. The van der Waals surface area contributed by atoms with Gasteiger partial charge in [-0.1, -0.05) is 24.3 Å². The third-order valence-corrected chi connectivity index (χ3v) is 8.23. The molecule has 0 spiro atoms. The number of hydrogen-bond donors (Lipinski definition) is 2. The topological polar surface area (TPSA) is 198 Å². The number of aliphatic hydroxyl groups excluding tert-OH is 2. The quantitative estimate of drug-likeness (QED) is 0.114. The first-order chi connectivity index (χ1) is 24.9. The van der Waals surface area contributed by atoms with Crippen LogP contribution in [-0.4, -0.2) is 84.7 Å². The van der Waals surface area contributed by atoms with Crippen LogP contribution in [0.15, 0.2) is 48.5 Å². The monoisotopic (exact) mass is 728 g/mol. The van der Waals surface area contributed by atoms with Crippen LogP contribution in [-0.2, 0) is 60.6 Å². The number of carbonyl (C=O) groups is 6. The molecule has 0 aromatic heterocycles. The molecule has 0 bridgehead atoms. The second-order valence-corrected chi connectivity index (χ2v) is 12.6. The molecule has 284 valence electrons. The Kier molecular flexibility index (Phi) is 17.8. The fraction of sp³-hybridized carbons (Fsp3) is 0.526. The predicted octanol–water partition coefficient (Wildman–Crippen LogP) is 3.58. The van der Waals surface area contributed by atoms with E-state index in [0.29, 0.717) is 50.0 Å². The third kappa shape index (κ3) is 15.6. The molecule has 0 amide bonds. The number of esters is 6. The van der Waals surface area contributed by atoms with Crippen molar-refractivity contribution in [3.8, 4) is 11.5 Å². The molecule has 1 fully saturated rings. The maximum Gasteiger partial charge on any atom is 0.314 e. The van der Waals surface area contributed by atoms with E-state index >= 15 is 0 Å². The van der Waals surface area contributed by atoms with Crippen molar-refractivity contribution < 1.29 is 67.4 Å². The van der Waals surface area contributed by atoms with Gasteiger partial charge in [0, 0.05) is 12.8 Å². The number of ether oxygens (including phenoxy) is 6. The Bertz CT molecular complexity index is 1350. The minimum absolute atomic E-state index is 0.117. The molecule has 2 aromatic carbocycles. The standard InChI is InChI=1S/C38H48O14/c1-25(23-39)49-35(43)17-15-33(41)47-21-19-27-3-11-31(12-4-27)51-37(45)29-7-9-30(10-8-29)38(46)52-32-13-5-28(6-14-32)20-22-48-34(42)16-18-36(44)50-26(2)24-40/h3-6,11-14,25-26,29-30,39-40H,7-10,15-24H2,1-2H3/t25-,26-,29?,30?/m0/s1. The van der Waals surface area contributed by atoms with Gasteiger partial charge in [-0.15, -0.1) is 0 Å². The summed E-state index contributed by atoms with van der Waals surface area (Å²) in [5, 5.41) is 17.8. The zero-order valence-corrected chi connectivity index (χ0v) is 29.6. The van der Waals surface area contributed by atoms with Gasteiger partial charge in [0.25, 0.3) is 0 Å². The van der Waals surface area contributed by atoms with E-state index in [1.165, 1.54) is 0 Å². The number of benzene rings is 2. The molecule has 14 heteroatoms. The first-order valence-corrected chi connectivity index (χ1v) is 17.5. The second-order valence-electron chi connectivity index (χ2n) is 12.6. The van der Waals surface area contributed by atoms with Gasteiger partial charge >= 0.3 is 35.8 Å². The number of aliphatic hydroxyl groups is 2. The van der Waals surface area contributed by atoms with Gasteiger partial charge < -0.3 is 38.6 Å². The largest absolute Gasteiger partial charge is 0.465 e. The molecule has 2 atom stereocenters. The van der Waals surface area contributed by atoms with E-state index in [9.17, 15) is 28.8 Å². The lowest BCUT2D eigenvalue weighted by atomic mass is 9.82. The number of rotatable bonds is 20. The molecule has 1 aliphatic rings. The first kappa shape index (κ1) is 41.6. The molecule has 1 saturated carbocycles. The molecule has 0 radical (unpaired) electrons. The fourth-order valence-corrected chi connectivity index (χ4v) is 5.17. The molecule has 0 heterocycles. The van der Waals surface area contributed by atoms with Gasteiger partial charge in [-0.25, -0.2) is 0 Å². The maximum absolute atomic E-state index is 12.8. The molecule has 0 saturated heterocycles. The summed E-state index contributed by atoms with van der Waals surface area (Å²) in [6.45, 7) is 2.74. The lowest BCUT2D eigenvalue weighted by Crippen LogP contribution is -2.30. The Balaban J connectivity index is 1.29. The van der Waals surface area contributed by atoms with E-state index in [1.807, 2.05) is 0 Å². The Hall–Kier alpha value is -4.82. The van der Waals surface area contributed by atoms with Crippen LogP contribution < -0.4 is 9.47 Å². The zero-order valence-electron chi connectivity index (χ0n) is 29.6. The number of hydrogen-bond acceptors (Lipinski definition) is 14. The summed E-state index contributed by atoms with van der Waals surface area (Å²) in [4.78, 5) is 72.6. The van der Waals surface area contributed by atoms with Crippen LogP contribution in [0.3, 0.4) is 0 Å². The first-order valence-electron chi connectivity index (χ1n) is 17.5. The summed E-state index contributed by atoms with van der Waals surface area (Å²) in [5.74, 6) is -2.87. The van der Waals surface area contributed by atoms with Crippen molar-refractivity contribution in [2.45, 2.75) is 90.3 Å². The summed E-state index contributed by atoms with van der Waals surface area (Å²) in [5.41, 5.74) is 1.72. The summed E-state index contributed by atoms with van der Waals surface area (Å²) >= 11 is 0. The summed E-state index contributed by atoms with van der Waals surface area (Å²) in [6, 6.07) is 13.7. The highest BCUT2D eigenvalue weighted by Gasteiger charge is 2.32. The van der Waals surface area contributed by atoms with Gasteiger partial charge in [-0.05, 0) is 74.9 Å². The van der Waals surface area contributed by atoms with E-state index < -0.39 is 36.1 Å². The van der Waals surface area contributed by atoms with E-state index in [-0.39, 0.29) is 75.9 Å². The third-order valence-electron chi connectivity index (χ3n) is 8.23. The van der Waals surface area contributed by atoms with Crippen molar-refractivity contribution in [2.24, 2.45) is 11.8 Å². The van der Waals surface area contributed by atoms with Crippen LogP contribution >= 0.6 is 0 Å². The lowest BCUT2D eigenvalue weighted by Gasteiger charge is -2.25. The SMILES string of the molecule is C[C@@H](CO)OC(=O)CCC(=O)OCCc1ccc(OC(=O)C2CCC(C(=O)Oc3ccc(CCOC(=O)CCC(=O)O[C@@H](C)CO)cc3)CC2)cc1. The Labute approximate surface area is 302 Å². The average Bonchev–Trinajstić information content (AvgIpc) is 3.14. The van der Waals surface area contributed by atoms with Gasteiger partial charge in [0.15, 0.2) is 0 Å². The Morgan fingerprint density at radius 3 is 1.21 bits per heavy atom. The number of carbonyl (C=O) groups excluding carboxylic acids is 6. The molecule has 0 unspecified atom stereocenters. The average molecular weight is 729 g/mol. The molecular weight excluding hydrogens is 680 g/mol. The van der Waals surface area contributed by atoms with Crippen molar-refractivity contribution in [2.75, 3.05) is 26.4 Å². The highest BCUT2D eigenvalue weighted by molar-refractivity contribution is 5.79. The van der Waals surface area contributed by atoms with E-state index in [2.05, 4.69) is 0 Å². The minimum Gasteiger partial charge on any atom is -0.465 e. The van der Waals surface area contributed by atoms with E-state index in [1.54, 1.807) is 62.4 Å². The molecule has 1 aliphatic carbocycles. The smallest absolute Gasteiger partial charge is 0.314 e. The summed E-state index contributed by atoms with van der Waals surface area (Å²) in [7, 11) is 0. The van der Waals surface area contributed by atoms with Gasteiger partial charge in [-0.3, -0.25) is 28.8 Å². The van der Waals surface area contributed by atoms with Crippen LogP contribution in [0.4, 0.5) is 0 Å². The molecule has 2 N–H and O–H groups in total. The van der Waals surface area contributed by atoms with Crippen molar-refractivity contribution in [3.63, 3.8) is 0 Å². The van der Waals surface area contributed by atoms with Crippen LogP contribution in [0.25, 0.3) is 0 Å². The Morgan fingerprint density at radius 1 is 0.558 bits per heavy atom.